The second kappa shape index (κ2) is 5.16. The minimum absolute atomic E-state index is 0.0967. The van der Waals surface area contributed by atoms with Crippen LogP contribution in [0.25, 0.3) is 0 Å². The molecule has 2 aliphatic rings. The Kier molecular flexibility index (Phi) is 3.37. The van der Waals surface area contributed by atoms with Crippen LogP contribution in [0.2, 0.25) is 0 Å². The highest BCUT2D eigenvalue weighted by Crippen LogP contribution is 2.27. The van der Waals surface area contributed by atoms with Crippen LogP contribution < -0.4 is 5.76 Å². The molecular weight excluding hydrogens is 250 g/mol. The van der Waals surface area contributed by atoms with Crippen molar-refractivity contribution in [2.45, 2.75) is 37.7 Å². The zero-order valence-electron chi connectivity index (χ0n) is 10.6. The first-order valence-corrected chi connectivity index (χ1v) is 6.70. The van der Waals surface area contributed by atoms with Gasteiger partial charge in [-0.05, 0) is 25.7 Å². The molecule has 1 aromatic rings. The van der Waals surface area contributed by atoms with E-state index in [1.165, 1.54) is 0 Å². The van der Waals surface area contributed by atoms with Crippen molar-refractivity contribution in [3.8, 4) is 0 Å². The minimum Gasteiger partial charge on any atom is -0.392 e. The maximum Gasteiger partial charge on any atom is 0.434 e. The molecule has 7 heteroatoms. The number of carbonyl (C=O) groups is 1. The highest BCUT2D eigenvalue weighted by atomic mass is 16.5. The molecule has 7 nitrogen and oxygen atoms in total. The number of amides is 1. The molecule has 0 aromatic carbocycles. The average Bonchev–Trinajstić information content (AvgIpc) is 3.09. The number of H-pyrrole nitrogens is 1. The molecule has 1 N–H and O–H groups in total. The van der Waals surface area contributed by atoms with E-state index in [2.05, 4.69) is 10.2 Å². The van der Waals surface area contributed by atoms with Crippen LogP contribution in [-0.4, -0.2) is 46.8 Å². The number of carbonyl (C=O) groups excluding carboxylic acids is 1. The Morgan fingerprint density at radius 1 is 1.32 bits per heavy atom. The number of likely N-dealkylation sites (tertiary alicyclic amines) is 1. The summed E-state index contributed by atoms with van der Waals surface area (Å²) in [5, 5.41) is 6.13. The van der Waals surface area contributed by atoms with Gasteiger partial charge in [0.25, 0.3) is 5.91 Å². The maximum atomic E-state index is 12.2. The molecule has 1 aromatic heterocycles. The van der Waals surface area contributed by atoms with Gasteiger partial charge in [0.05, 0.1) is 0 Å². The van der Waals surface area contributed by atoms with Crippen molar-refractivity contribution in [1.82, 2.24) is 15.1 Å². The molecule has 0 saturated carbocycles. The number of nitrogens with one attached hydrogen (secondary N) is 1. The van der Waals surface area contributed by atoms with E-state index in [1.807, 2.05) is 4.90 Å². The van der Waals surface area contributed by atoms with Crippen LogP contribution in [-0.2, 0) is 9.53 Å². The molecule has 0 radical (unpaired) electrons. The van der Waals surface area contributed by atoms with Crippen molar-refractivity contribution in [3.05, 3.63) is 16.4 Å². The summed E-state index contributed by atoms with van der Waals surface area (Å²) in [5.41, 5.74) is 0. The number of nitrogens with zero attached hydrogens (tertiary/aromatic N) is 2. The van der Waals surface area contributed by atoms with Gasteiger partial charge in [0, 0.05) is 25.6 Å². The van der Waals surface area contributed by atoms with Gasteiger partial charge in [0.2, 0.25) is 5.89 Å². The second-order valence-corrected chi connectivity index (χ2v) is 5.05. The van der Waals surface area contributed by atoms with Gasteiger partial charge in [0.15, 0.2) is 0 Å². The highest BCUT2D eigenvalue weighted by molar-refractivity contribution is 5.81. The average molecular weight is 267 g/mol. The Balaban J connectivity index is 1.57. The normalized spacial score (nSPS) is 24.8. The quantitative estimate of drug-likeness (QED) is 0.829. The highest BCUT2D eigenvalue weighted by Gasteiger charge is 2.32. The fourth-order valence-electron chi connectivity index (χ4n) is 2.74. The van der Waals surface area contributed by atoms with Crippen molar-refractivity contribution in [1.29, 1.82) is 0 Å². The molecule has 0 aliphatic carbocycles. The van der Waals surface area contributed by atoms with Gasteiger partial charge in [-0.15, -0.1) is 5.10 Å². The Hall–Kier alpha value is -1.63. The van der Waals surface area contributed by atoms with E-state index < -0.39 is 5.76 Å². The first-order valence-electron chi connectivity index (χ1n) is 6.70. The summed E-state index contributed by atoms with van der Waals surface area (Å²) >= 11 is 0. The number of rotatable bonds is 2. The fraction of sp³-hybridized carbons (Fsp3) is 0.750. The van der Waals surface area contributed by atoms with E-state index in [-0.39, 0.29) is 17.9 Å². The molecule has 2 aliphatic heterocycles. The SMILES string of the molecule is O=C(C1CCCO1)N1CCC(c2n[nH]c(=O)o2)CC1. The standard InChI is InChI=1S/C12H17N3O4/c16-11(9-2-1-7-18-9)15-5-3-8(4-6-15)10-13-14-12(17)19-10/h8-9H,1-7H2,(H,14,17). The van der Waals surface area contributed by atoms with Crippen LogP contribution in [0.5, 0.6) is 0 Å². The summed E-state index contributed by atoms with van der Waals surface area (Å²) in [5.74, 6) is 0.147. The van der Waals surface area contributed by atoms with Crippen LogP contribution in [0.1, 0.15) is 37.5 Å². The smallest absolute Gasteiger partial charge is 0.392 e. The topological polar surface area (TPSA) is 88.4 Å². The van der Waals surface area contributed by atoms with Crippen LogP contribution in [0.4, 0.5) is 0 Å². The minimum atomic E-state index is -0.520. The molecule has 1 atom stereocenters. The van der Waals surface area contributed by atoms with E-state index >= 15 is 0 Å². The number of aromatic nitrogens is 2. The molecule has 3 rings (SSSR count). The van der Waals surface area contributed by atoms with Crippen molar-refractivity contribution in [2.24, 2.45) is 0 Å². The summed E-state index contributed by atoms with van der Waals surface area (Å²) in [7, 11) is 0. The monoisotopic (exact) mass is 267 g/mol. The summed E-state index contributed by atoms with van der Waals surface area (Å²) < 4.78 is 10.4. The lowest BCUT2D eigenvalue weighted by Gasteiger charge is -2.31. The van der Waals surface area contributed by atoms with Gasteiger partial charge in [-0.25, -0.2) is 9.89 Å². The summed E-state index contributed by atoms with van der Waals surface area (Å²) in [4.78, 5) is 24.9. The Morgan fingerprint density at radius 2 is 2.11 bits per heavy atom. The molecule has 1 unspecified atom stereocenters. The van der Waals surface area contributed by atoms with Crippen LogP contribution in [0, 0.1) is 0 Å². The first kappa shape index (κ1) is 12.4. The summed E-state index contributed by atoms with van der Waals surface area (Å²) in [6.07, 6.45) is 3.08. The van der Waals surface area contributed by atoms with Gasteiger partial charge in [-0.2, -0.15) is 0 Å². The van der Waals surface area contributed by atoms with E-state index in [1.54, 1.807) is 0 Å². The Labute approximate surface area is 109 Å². The number of piperidine rings is 1. The molecule has 2 saturated heterocycles. The Bertz CT molecular complexity index is 495. The van der Waals surface area contributed by atoms with Crippen molar-refractivity contribution in [3.63, 3.8) is 0 Å². The van der Waals surface area contributed by atoms with Gasteiger partial charge in [0.1, 0.15) is 6.10 Å². The molecular formula is C12H17N3O4. The predicted molar refractivity (Wildman–Crippen MR) is 64.7 cm³/mol. The molecule has 104 valence electrons. The fourth-order valence-corrected chi connectivity index (χ4v) is 2.74. The predicted octanol–water partition coefficient (Wildman–Crippen LogP) is 0.248. The summed E-state index contributed by atoms with van der Waals surface area (Å²) in [6.45, 7) is 2.02. The van der Waals surface area contributed by atoms with Gasteiger partial charge in [-0.1, -0.05) is 0 Å². The second-order valence-electron chi connectivity index (χ2n) is 5.05. The lowest BCUT2D eigenvalue weighted by Crippen LogP contribution is -2.43. The van der Waals surface area contributed by atoms with E-state index in [9.17, 15) is 9.59 Å². The van der Waals surface area contributed by atoms with E-state index in [0.717, 1.165) is 25.7 Å². The van der Waals surface area contributed by atoms with Crippen LogP contribution in [0.15, 0.2) is 9.21 Å². The van der Waals surface area contributed by atoms with Gasteiger partial charge in [-0.3, -0.25) is 4.79 Å². The molecule has 19 heavy (non-hydrogen) atoms. The number of aromatic amines is 1. The third-order valence-corrected chi connectivity index (χ3v) is 3.82. The van der Waals surface area contributed by atoms with E-state index in [4.69, 9.17) is 9.15 Å². The first-order chi connectivity index (χ1) is 9.24. The molecule has 2 fully saturated rings. The number of hydrogen-bond acceptors (Lipinski definition) is 5. The zero-order chi connectivity index (χ0) is 13.2. The lowest BCUT2D eigenvalue weighted by molar-refractivity contribution is -0.142. The lowest BCUT2D eigenvalue weighted by atomic mass is 9.96. The zero-order valence-corrected chi connectivity index (χ0v) is 10.6. The van der Waals surface area contributed by atoms with Crippen LogP contribution in [0.3, 0.4) is 0 Å². The van der Waals surface area contributed by atoms with E-state index in [0.29, 0.717) is 25.6 Å². The summed E-state index contributed by atoms with van der Waals surface area (Å²) in [6, 6.07) is 0. The van der Waals surface area contributed by atoms with Crippen molar-refractivity contribution >= 4 is 5.91 Å². The molecule has 0 spiro atoms. The van der Waals surface area contributed by atoms with Crippen molar-refractivity contribution in [2.75, 3.05) is 19.7 Å². The largest absolute Gasteiger partial charge is 0.434 e. The Morgan fingerprint density at radius 3 is 2.68 bits per heavy atom. The number of hydrogen-bond donors (Lipinski definition) is 1. The van der Waals surface area contributed by atoms with Gasteiger partial charge < -0.3 is 14.1 Å². The maximum absolute atomic E-state index is 12.2. The molecule has 3 heterocycles. The molecule has 0 bridgehead atoms. The third kappa shape index (κ3) is 2.56. The third-order valence-electron chi connectivity index (χ3n) is 3.82. The van der Waals surface area contributed by atoms with Crippen LogP contribution >= 0.6 is 0 Å². The van der Waals surface area contributed by atoms with Gasteiger partial charge >= 0.3 is 5.76 Å². The van der Waals surface area contributed by atoms with Crippen molar-refractivity contribution < 1.29 is 13.9 Å². The number of ether oxygens (including phenoxy) is 1. The molecule has 1 amide bonds.